The summed E-state index contributed by atoms with van der Waals surface area (Å²) in [6.45, 7) is 2.33. The molecule has 0 aliphatic heterocycles. The number of anilines is 1. The van der Waals surface area contributed by atoms with Crippen LogP contribution in [0.25, 0.3) is 0 Å². The van der Waals surface area contributed by atoms with Crippen molar-refractivity contribution in [2.45, 2.75) is 19.6 Å². The minimum atomic E-state index is -0.0431. The van der Waals surface area contributed by atoms with Crippen LogP contribution in [0.3, 0.4) is 0 Å². The van der Waals surface area contributed by atoms with Crippen LogP contribution in [0, 0.1) is 0 Å². The number of rotatable bonds is 11. The highest BCUT2D eigenvalue weighted by Crippen LogP contribution is 2.17. The average Bonchev–Trinajstić information content (AvgIpc) is 2.78. The standard InChI is InChI=1S/C25H27ClN2O2/c26-16-7-17-28(18-21-8-3-1-4-9-21)19-25(29)27-23-12-14-24(15-13-23)30-20-22-10-5-2-6-11-22/h1-6,8-15H,7,16-20H2,(H,27,29). The SMILES string of the molecule is O=C(CN(CCCCl)Cc1ccccc1)Nc1ccc(OCc2ccccc2)cc1. The molecule has 0 unspecified atom stereocenters. The molecule has 0 heterocycles. The number of carbonyl (C=O) groups is 1. The smallest absolute Gasteiger partial charge is 0.238 e. The number of nitrogens with one attached hydrogen (secondary N) is 1. The van der Waals surface area contributed by atoms with Gasteiger partial charge in [-0.2, -0.15) is 0 Å². The molecule has 0 aliphatic rings. The van der Waals surface area contributed by atoms with Gasteiger partial charge in [-0.25, -0.2) is 0 Å². The molecule has 3 rings (SSSR count). The summed E-state index contributed by atoms with van der Waals surface area (Å²) in [7, 11) is 0. The predicted molar refractivity (Wildman–Crippen MR) is 123 cm³/mol. The van der Waals surface area contributed by atoms with Crippen molar-refractivity contribution in [3.05, 3.63) is 96.1 Å². The Morgan fingerprint density at radius 3 is 2.13 bits per heavy atom. The molecule has 0 spiro atoms. The first-order chi connectivity index (χ1) is 14.7. The van der Waals surface area contributed by atoms with Crippen LogP contribution in [0.2, 0.25) is 0 Å². The molecule has 5 heteroatoms. The minimum absolute atomic E-state index is 0.0431. The summed E-state index contributed by atoms with van der Waals surface area (Å²) < 4.78 is 5.79. The van der Waals surface area contributed by atoms with E-state index in [4.69, 9.17) is 16.3 Å². The Labute approximate surface area is 183 Å². The summed E-state index contributed by atoms with van der Waals surface area (Å²) >= 11 is 5.86. The van der Waals surface area contributed by atoms with Crippen LogP contribution in [-0.2, 0) is 17.9 Å². The molecular weight excluding hydrogens is 396 g/mol. The molecule has 0 aromatic heterocycles. The van der Waals surface area contributed by atoms with Crippen LogP contribution in [0.4, 0.5) is 5.69 Å². The first kappa shape index (κ1) is 21.9. The molecule has 4 nitrogen and oxygen atoms in total. The largest absolute Gasteiger partial charge is 0.489 e. The lowest BCUT2D eigenvalue weighted by molar-refractivity contribution is -0.117. The fraction of sp³-hybridized carbons (Fsp3) is 0.240. The van der Waals surface area contributed by atoms with Crippen LogP contribution in [0.15, 0.2) is 84.9 Å². The molecule has 0 aliphatic carbocycles. The van der Waals surface area contributed by atoms with Crippen molar-refractivity contribution in [1.29, 1.82) is 0 Å². The minimum Gasteiger partial charge on any atom is -0.489 e. The van der Waals surface area contributed by atoms with E-state index in [9.17, 15) is 4.79 Å². The van der Waals surface area contributed by atoms with Gasteiger partial charge < -0.3 is 10.1 Å². The first-order valence-corrected chi connectivity index (χ1v) is 10.7. The quantitative estimate of drug-likeness (QED) is 0.424. The van der Waals surface area contributed by atoms with Crippen LogP contribution in [0.5, 0.6) is 5.75 Å². The van der Waals surface area contributed by atoms with Crippen molar-refractivity contribution in [3.8, 4) is 5.75 Å². The molecule has 0 saturated carbocycles. The van der Waals surface area contributed by atoms with Crippen molar-refractivity contribution >= 4 is 23.2 Å². The maximum atomic E-state index is 12.6. The number of halogens is 1. The van der Waals surface area contributed by atoms with Crippen molar-refractivity contribution in [1.82, 2.24) is 4.90 Å². The highest BCUT2D eigenvalue weighted by Gasteiger charge is 2.11. The molecule has 3 aromatic rings. The molecule has 0 atom stereocenters. The van der Waals surface area contributed by atoms with E-state index in [1.807, 2.05) is 72.8 Å². The zero-order valence-corrected chi connectivity index (χ0v) is 17.7. The Hall–Kier alpha value is -2.82. The van der Waals surface area contributed by atoms with Gasteiger partial charge in [0.2, 0.25) is 5.91 Å². The van der Waals surface area contributed by atoms with E-state index >= 15 is 0 Å². The lowest BCUT2D eigenvalue weighted by Crippen LogP contribution is -2.33. The topological polar surface area (TPSA) is 41.6 Å². The Morgan fingerprint density at radius 2 is 1.50 bits per heavy atom. The lowest BCUT2D eigenvalue weighted by atomic mass is 10.2. The van der Waals surface area contributed by atoms with Gasteiger partial charge >= 0.3 is 0 Å². The summed E-state index contributed by atoms with van der Waals surface area (Å²) in [6, 6.07) is 27.6. The fourth-order valence-corrected chi connectivity index (χ4v) is 3.24. The number of ether oxygens (including phenoxy) is 1. The first-order valence-electron chi connectivity index (χ1n) is 10.1. The Bertz CT molecular complexity index is 886. The monoisotopic (exact) mass is 422 g/mol. The fourth-order valence-electron chi connectivity index (χ4n) is 3.12. The molecule has 0 fully saturated rings. The summed E-state index contributed by atoms with van der Waals surface area (Å²) in [6.07, 6.45) is 0.842. The van der Waals surface area contributed by atoms with E-state index in [1.165, 1.54) is 5.56 Å². The van der Waals surface area contributed by atoms with E-state index in [2.05, 4.69) is 22.3 Å². The van der Waals surface area contributed by atoms with Crippen molar-refractivity contribution in [2.24, 2.45) is 0 Å². The molecular formula is C25H27ClN2O2. The molecule has 3 aromatic carbocycles. The third kappa shape index (κ3) is 7.54. The molecule has 0 radical (unpaired) electrons. The summed E-state index contributed by atoms with van der Waals surface area (Å²) in [5.74, 6) is 1.31. The molecule has 0 saturated heterocycles. The summed E-state index contributed by atoms with van der Waals surface area (Å²) in [4.78, 5) is 14.7. The van der Waals surface area contributed by atoms with E-state index in [0.717, 1.165) is 36.5 Å². The Morgan fingerprint density at radius 1 is 0.867 bits per heavy atom. The van der Waals surface area contributed by atoms with E-state index in [1.54, 1.807) is 0 Å². The van der Waals surface area contributed by atoms with Crippen LogP contribution in [-0.4, -0.2) is 29.8 Å². The highest BCUT2D eigenvalue weighted by molar-refractivity contribution is 6.17. The summed E-state index contributed by atoms with van der Waals surface area (Å²) in [5, 5.41) is 2.97. The van der Waals surface area contributed by atoms with Crippen molar-refractivity contribution < 1.29 is 9.53 Å². The average molecular weight is 423 g/mol. The van der Waals surface area contributed by atoms with E-state index in [-0.39, 0.29) is 5.91 Å². The number of carbonyl (C=O) groups excluding carboxylic acids is 1. The predicted octanol–water partition coefficient (Wildman–Crippen LogP) is 5.34. The Balaban J connectivity index is 1.50. The van der Waals surface area contributed by atoms with Gasteiger partial charge in [-0.1, -0.05) is 60.7 Å². The number of benzene rings is 3. The van der Waals surface area contributed by atoms with Gasteiger partial charge in [0.05, 0.1) is 6.54 Å². The molecule has 156 valence electrons. The van der Waals surface area contributed by atoms with Gasteiger partial charge in [0.15, 0.2) is 0 Å². The third-order valence-corrected chi connectivity index (χ3v) is 4.88. The second-order valence-electron chi connectivity index (χ2n) is 7.09. The molecule has 30 heavy (non-hydrogen) atoms. The molecule has 0 bridgehead atoms. The van der Waals surface area contributed by atoms with Crippen LogP contribution >= 0.6 is 11.6 Å². The van der Waals surface area contributed by atoms with Gasteiger partial charge in [-0.15, -0.1) is 11.6 Å². The molecule has 1 N–H and O–H groups in total. The van der Waals surface area contributed by atoms with Gasteiger partial charge in [-0.3, -0.25) is 9.69 Å². The zero-order chi connectivity index (χ0) is 21.0. The second kappa shape index (κ2) is 12.0. The number of hydrogen-bond acceptors (Lipinski definition) is 3. The second-order valence-corrected chi connectivity index (χ2v) is 7.46. The van der Waals surface area contributed by atoms with Gasteiger partial charge in [0.25, 0.3) is 0 Å². The van der Waals surface area contributed by atoms with Gasteiger partial charge in [0, 0.05) is 24.7 Å². The number of nitrogens with zero attached hydrogens (tertiary/aromatic N) is 1. The Kier molecular flexibility index (Phi) is 8.76. The zero-order valence-electron chi connectivity index (χ0n) is 17.0. The third-order valence-electron chi connectivity index (χ3n) is 4.61. The lowest BCUT2D eigenvalue weighted by Gasteiger charge is -2.21. The van der Waals surface area contributed by atoms with E-state index in [0.29, 0.717) is 19.0 Å². The highest BCUT2D eigenvalue weighted by atomic mass is 35.5. The number of hydrogen-bond donors (Lipinski definition) is 1. The molecule has 1 amide bonds. The maximum Gasteiger partial charge on any atom is 0.238 e. The van der Waals surface area contributed by atoms with Crippen molar-refractivity contribution in [2.75, 3.05) is 24.3 Å². The summed E-state index contributed by atoms with van der Waals surface area (Å²) in [5.41, 5.74) is 3.05. The number of amides is 1. The van der Waals surface area contributed by atoms with Gasteiger partial charge in [-0.05, 0) is 41.8 Å². The van der Waals surface area contributed by atoms with Crippen LogP contribution in [0.1, 0.15) is 17.5 Å². The van der Waals surface area contributed by atoms with Crippen LogP contribution < -0.4 is 10.1 Å². The van der Waals surface area contributed by atoms with Crippen molar-refractivity contribution in [3.63, 3.8) is 0 Å². The van der Waals surface area contributed by atoms with E-state index < -0.39 is 0 Å². The number of alkyl halides is 1. The maximum absolute atomic E-state index is 12.6. The normalized spacial score (nSPS) is 10.7. The van der Waals surface area contributed by atoms with Gasteiger partial charge in [0.1, 0.15) is 12.4 Å².